The minimum absolute atomic E-state index is 0.106. The summed E-state index contributed by atoms with van der Waals surface area (Å²) in [7, 11) is 1.52. The molecule has 1 aromatic carbocycles. The van der Waals surface area contributed by atoms with E-state index < -0.39 is 18.0 Å². The van der Waals surface area contributed by atoms with Crippen LogP contribution >= 0.6 is 0 Å². The number of nitrogens with zero attached hydrogens (tertiary/aromatic N) is 2. The maximum absolute atomic E-state index is 14.3. The van der Waals surface area contributed by atoms with Crippen molar-refractivity contribution in [2.24, 2.45) is 0 Å². The van der Waals surface area contributed by atoms with Crippen molar-refractivity contribution < 1.29 is 23.5 Å². The van der Waals surface area contributed by atoms with Crippen molar-refractivity contribution in [2.75, 3.05) is 29.9 Å². The number of carbonyl (C=O) groups is 3. The number of amides is 3. The summed E-state index contributed by atoms with van der Waals surface area (Å²) in [4.78, 5) is 37.2. The molecule has 0 saturated carbocycles. The molecule has 0 spiro atoms. The monoisotopic (exact) mass is 321 g/mol. The maximum atomic E-state index is 14.3. The first-order chi connectivity index (χ1) is 10.9. The van der Waals surface area contributed by atoms with Crippen LogP contribution in [-0.2, 0) is 20.7 Å². The van der Waals surface area contributed by atoms with E-state index in [2.05, 4.69) is 5.32 Å². The zero-order chi connectivity index (χ0) is 16.7. The highest BCUT2D eigenvalue weighted by molar-refractivity contribution is 6.02. The number of hydrogen-bond donors (Lipinski definition) is 1. The molecule has 1 atom stereocenters. The van der Waals surface area contributed by atoms with Gasteiger partial charge in [-0.1, -0.05) is 0 Å². The molecule has 2 aliphatic heterocycles. The van der Waals surface area contributed by atoms with Gasteiger partial charge in [-0.15, -0.1) is 0 Å². The van der Waals surface area contributed by atoms with E-state index in [9.17, 15) is 18.8 Å². The molecule has 7 nitrogen and oxygen atoms in total. The highest BCUT2D eigenvalue weighted by atomic mass is 19.1. The van der Waals surface area contributed by atoms with Crippen LogP contribution in [0.2, 0.25) is 0 Å². The van der Waals surface area contributed by atoms with Crippen molar-refractivity contribution in [1.29, 1.82) is 0 Å². The Morgan fingerprint density at radius 2 is 2.17 bits per heavy atom. The van der Waals surface area contributed by atoms with Gasteiger partial charge in [-0.2, -0.15) is 0 Å². The summed E-state index contributed by atoms with van der Waals surface area (Å²) in [6.45, 7) is 1.78. The lowest BCUT2D eigenvalue weighted by Crippen LogP contribution is -2.33. The summed E-state index contributed by atoms with van der Waals surface area (Å²) in [5.41, 5.74) is 1.14. The quantitative estimate of drug-likeness (QED) is 0.893. The van der Waals surface area contributed by atoms with Crippen LogP contribution in [0.4, 0.5) is 20.6 Å². The minimum atomic E-state index is -0.600. The predicted molar refractivity (Wildman–Crippen MR) is 79.8 cm³/mol. The van der Waals surface area contributed by atoms with Gasteiger partial charge in [0.05, 0.1) is 30.9 Å². The Hall–Kier alpha value is -2.64. The van der Waals surface area contributed by atoms with Crippen LogP contribution in [0.25, 0.3) is 0 Å². The van der Waals surface area contributed by atoms with E-state index in [0.717, 1.165) is 0 Å². The molecule has 23 heavy (non-hydrogen) atoms. The topological polar surface area (TPSA) is 79.0 Å². The number of ether oxygens (including phenoxy) is 1. The first-order valence-corrected chi connectivity index (χ1v) is 7.18. The first kappa shape index (κ1) is 15.3. The van der Waals surface area contributed by atoms with Crippen LogP contribution < -0.4 is 15.1 Å². The number of fused-ring (bicyclic) bond motifs is 1. The number of anilines is 2. The van der Waals surface area contributed by atoms with Crippen LogP contribution in [0.3, 0.4) is 0 Å². The second-order valence-electron chi connectivity index (χ2n) is 5.62. The highest BCUT2D eigenvalue weighted by Gasteiger charge is 2.35. The average Bonchev–Trinajstić information content (AvgIpc) is 2.98. The smallest absolute Gasteiger partial charge is 0.414 e. The largest absolute Gasteiger partial charge is 0.442 e. The van der Waals surface area contributed by atoms with E-state index in [4.69, 9.17) is 4.74 Å². The molecule has 0 bridgehead atoms. The third-order valence-corrected chi connectivity index (χ3v) is 3.94. The molecule has 3 rings (SSSR count). The Balaban J connectivity index is 1.82. The summed E-state index contributed by atoms with van der Waals surface area (Å²) in [6.07, 6.45) is -0.987. The molecule has 2 heterocycles. The third-order valence-electron chi connectivity index (χ3n) is 3.94. The minimum Gasteiger partial charge on any atom is -0.442 e. The zero-order valence-corrected chi connectivity index (χ0v) is 12.8. The van der Waals surface area contributed by atoms with Gasteiger partial charge in [0.15, 0.2) is 0 Å². The van der Waals surface area contributed by atoms with Gasteiger partial charge in [-0.05, 0) is 17.7 Å². The number of benzene rings is 1. The van der Waals surface area contributed by atoms with Crippen molar-refractivity contribution in [3.8, 4) is 0 Å². The number of likely N-dealkylation sites (N-methyl/N-ethyl adjacent to an activating group) is 1. The maximum Gasteiger partial charge on any atom is 0.414 e. The van der Waals surface area contributed by atoms with Crippen molar-refractivity contribution in [3.63, 3.8) is 0 Å². The van der Waals surface area contributed by atoms with Gasteiger partial charge < -0.3 is 15.0 Å². The number of nitrogens with one attached hydrogen (secondary N) is 1. The van der Waals surface area contributed by atoms with Gasteiger partial charge in [0.1, 0.15) is 11.9 Å². The van der Waals surface area contributed by atoms with Crippen molar-refractivity contribution in [1.82, 2.24) is 5.32 Å². The molecule has 1 fully saturated rings. The molecule has 3 amide bonds. The molecule has 1 unspecified atom stereocenters. The lowest BCUT2D eigenvalue weighted by atomic mass is 10.1. The van der Waals surface area contributed by atoms with Crippen LogP contribution in [0.15, 0.2) is 12.1 Å². The Morgan fingerprint density at radius 3 is 2.87 bits per heavy atom. The highest BCUT2D eigenvalue weighted by Crippen LogP contribution is 2.35. The SMILES string of the molecule is CC(=O)NCC1CN(c2cc(F)c3c(c2)CC(=O)N3C)C(=O)O1. The normalized spacial score (nSPS) is 19.9. The molecule has 0 aromatic heterocycles. The molecule has 1 N–H and O–H groups in total. The summed E-state index contributed by atoms with van der Waals surface area (Å²) in [5, 5.41) is 2.58. The molecular weight excluding hydrogens is 305 g/mol. The van der Waals surface area contributed by atoms with E-state index in [1.807, 2.05) is 0 Å². The summed E-state index contributed by atoms with van der Waals surface area (Å²) < 4.78 is 19.4. The zero-order valence-electron chi connectivity index (χ0n) is 12.8. The predicted octanol–water partition coefficient (Wildman–Crippen LogP) is 0.806. The lowest BCUT2D eigenvalue weighted by molar-refractivity contribution is -0.119. The Morgan fingerprint density at radius 1 is 1.43 bits per heavy atom. The number of cyclic esters (lactones) is 1. The molecule has 1 aromatic rings. The van der Waals surface area contributed by atoms with Crippen molar-refractivity contribution in [3.05, 3.63) is 23.5 Å². The second-order valence-corrected chi connectivity index (χ2v) is 5.62. The lowest BCUT2D eigenvalue weighted by Gasteiger charge is -2.16. The molecule has 0 radical (unpaired) electrons. The number of rotatable bonds is 3. The second kappa shape index (κ2) is 5.53. The van der Waals surface area contributed by atoms with Gasteiger partial charge in [-0.3, -0.25) is 14.5 Å². The molecular formula is C15H16FN3O4. The van der Waals surface area contributed by atoms with E-state index in [1.165, 1.54) is 29.8 Å². The van der Waals surface area contributed by atoms with Gasteiger partial charge in [0.2, 0.25) is 11.8 Å². The van der Waals surface area contributed by atoms with Gasteiger partial charge in [0, 0.05) is 14.0 Å². The van der Waals surface area contributed by atoms with Crippen LogP contribution in [0.1, 0.15) is 12.5 Å². The fourth-order valence-electron chi connectivity index (χ4n) is 2.81. The average molecular weight is 321 g/mol. The van der Waals surface area contributed by atoms with Crippen LogP contribution in [-0.4, -0.2) is 44.1 Å². The molecule has 0 aliphatic carbocycles. The van der Waals surface area contributed by atoms with E-state index in [0.29, 0.717) is 11.3 Å². The van der Waals surface area contributed by atoms with Crippen molar-refractivity contribution >= 4 is 29.3 Å². The Kier molecular flexibility index (Phi) is 3.67. The third kappa shape index (κ3) is 2.71. The number of carbonyl (C=O) groups excluding carboxylic acids is 3. The summed E-state index contributed by atoms with van der Waals surface area (Å²) >= 11 is 0. The van der Waals surface area contributed by atoms with Gasteiger partial charge >= 0.3 is 6.09 Å². The molecule has 8 heteroatoms. The fourth-order valence-corrected chi connectivity index (χ4v) is 2.81. The van der Waals surface area contributed by atoms with E-state index >= 15 is 0 Å². The van der Waals surface area contributed by atoms with Crippen LogP contribution in [0.5, 0.6) is 0 Å². The van der Waals surface area contributed by atoms with Gasteiger partial charge in [-0.25, -0.2) is 9.18 Å². The standard InChI is InChI=1S/C15H16FN3O4/c1-8(20)17-6-11-7-19(15(22)23-11)10-3-9-4-13(21)18(2)14(9)12(16)5-10/h3,5,11H,4,6-7H2,1-2H3,(H,17,20). The Bertz CT molecular complexity index is 706. The van der Waals surface area contributed by atoms with E-state index in [-0.39, 0.29) is 37.0 Å². The summed E-state index contributed by atoms with van der Waals surface area (Å²) in [6, 6.07) is 2.85. The molecule has 1 saturated heterocycles. The Labute approximate surface area is 132 Å². The number of halogens is 1. The first-order valence-electron chi connectivity index (χ1n) is 7.18. The van der Waals surface area contributed by atoms with Crippen LogP contribution in [0, 0.1) is 5.82 Å². The van der Waals surface area contributed by atoms with E-state index in [1.54, 1.807) is 6.07 Å². The molecule has 122 valence electrons. The van der Waals surface area contributed by atoms with Gasteiger partial charge in [0.25, 0.3) is 0 Å². The fraction of sp³-hybridized carbons (Fsp3) is 0.400. The summed E-state index contributed by atoms with van der Waals surface area (Å²) in [5.74, 6) is -0.961. The van der Waals surface area contributed by atoms with Crippen molar-refractivity contribution in [2.45, 2.75) is 19.4 Å². The molecule has 2 aliphatic rings. The number of hydrogen-bond acceptors (Lipinski definition) is 4.